The first-order valence-corrected chi connectivity index (χ1v) is 5.17. The molecular weight excluding hydrogens is 286 g/mol. The third-order valence-electron chi connectivity index (χ3n) is 1.72. The van der Waals surface area contributed by atoms with E-state index in [1.807, 2.05) is 0 Å². The van der Waals surface area contributed by atoms with Gasteiger partial charge in [-0.15, -0.1) is 0 Å². The summed E-state index contributed by atoms with van der Waals surface area (Å²) in [4.78, 5) is 19.9. The summed E-state index contributed by atoms with van der Waals surface area (Å²) >= 11 is 0. The molecule has 0 heterocycles. The SMILES string of the molecule is O=C([O-])c1cccc(S(=O)(=O)[O-])c1C(=O)[O-].[Na+].[Na+]. The van der Waals surface area contributed by atoms with Crippen LogP contribution in [0.15, 0.2) is 23.1 Å². The van der Waals surface area contributed by atoms with Crippen molar-refractivity contribution in [2.75, 3.05) is 0 Å². The van der Waals surface area contributed by atoms with Crippen LogP contribution in [0.3, 0.4) is 0 Å². The molecule has 0 saturated carbocycles. The predicted octanol–water partition coefficient (Wildman–Crippen LogP) is -8.67. The Labute approximate surface area is 147 Å². The van der Waals surface area contributed by atoms with Crippen LogP contribution in [0, 0.1) is 0 Å². The summed E-state index contributed by atoms with van der Waals surface area (Å²) in [6, 6.07) is 2.40. The van der Waals surface area contributed by atoms with Crippen LogP contribution < -0.4 is 69.3 Å². The number of hydrogen-bond donors (Lipinski definition) is 0. The molecule has 0 unspecified atom stereocenters. The molecule has 0 radical (unpaired) electrons. The van der Waals surface area contributed by atoms with Gasteiger partial charge in [-0.1, -0.05) is 12.1 Å². The smallest absolute Gasteiger partial charge is 0.744 e. The van der Waals surface area contributed by atoms with Crippen molar-refractivity contribution in [1.82, 2.24) is 0 Å². The van der Waals surface area contributed by atoms with Crippen LogP contribution in [0.2, 0.25) is 0 Å². The number of rotatable bonds is 3. The molecule has 86 valence electrons. The van der Waals surface area contributed by atoms with Gasteiger partial charge in [0.2, 0.25) is 0 Å². The van der Waals surface area contributed by atoms with Crippen LogP contribution in [0.25, 0.3) is 0 Å². The fourth-order valence-electron chi connectivity index (χ4n) is 1.12. The average Bonchev–Trinajstić information content (AvgIpc) is 2.14. The number of carboxylic acids is 2. The number of benzene rings is 1. The minimum absolute atomic E-state index is 0. The monoisotopic (exact) mass is 289 g/mol. The van der Waals surface area contributed by atoms with E-state index in [-0.39, 0.29) is 59.1 Å². The van der Waals surface area contributed by atoms with Crippen LogP contribution in [-0.2, 0) is 10.1 Å². The van der Waals surface area contributed by atoms with Gasteiger partial charge in [-0.3, -0.25) is 0 Å². The molecule has 0 N–H and O–H groups in total. The zero-order valence-electron chi connectivity index (χ0n) is 9.50. The third kappa shape index (κ3) is 4.63. The first-order valence-electron chi connectivity index (χ1n) is 3.76. The van der Waals surface area contributed by atoms with Gasteiger partial charge in [0.25, 0.3) is 0 Å². The summed E-state index contributed by atoms with van der Waals surface area (Å²) in [5.74, 6) is -3.99. The fraction of sp³-hybridized carbons (Fsp3) is 0. The Balaban J connectivity index is 0. The molecule has 0 aliphatic heterocycles. The van der Waals surface area contributed by atoms with Gasteiger partial charge in [-0.2, -0.15) is 0 Å². The topological polar surface area (TPSA) is 137 Å². The average molecular weight is 289 g/mol. The Morgan fingerprint density at radius 3 is 1.83 bits per heavy atom. The number of carbonyl (C=O) groups is 2. The van der Waals surface area contributed by atoms with Crippen LogP contribution >= 0.6 is 0 Å². The number of carbonyl (C=O) groups excluding carboxylic acids is 2. The first-order chi connectivity index (χ1) is 7.25. The Kier molecular flexibility index (Phi) is 8.62. The third-order valence-corrected chi connectivity index (χ3v) is 2.60. The minimum atomic E-state index is -5.10. The molecule has 0 amide bonds. The molecular formula is C8H3Na2O7S-. The summed E-state index contributed by atoms with van der Waals surface area (Å²) in [7, 11) is -5.10. The van der Waals surface area contributed by atoms with Gasteiger partial charge in [0, 0.05) is 11.1 Å². The van der Waals surface area contributed by atoms with Gasteiger partial charge in [-0.05, 0) is 6.07 Å². The van der Waals surface area contributed by atoms with Crippen LogP contribution in [0.4, 0.5) is 0 Å². The van der Waals surface area contributed by atoms with E-state index in [9.17, 15) is 32.8 Å². The van der Waals surface area contributed by atoms with Crippen molar-refractivity contribution in [2.45, 2.75) is 4.90 Å². The van der Waals surface area contributed by atoms with Crippen molar-refractivity contribution in [2.24, 2.45) is 0 Å². The van der Waals surface area contributed by atoms with Crippen molar-refractivity contribution >= 4 is 22.1 Å². The molecule has 7 nitrogen and oxygen atoms in total. The van der Waals surface area contributed by atoms with Gasteiger partial charge < -0.3 is 24.4 Å². The molecule has 0 fully saturated rings. The number of aromatic carboxylic acids is 2. The Morgan fingerprint density at radius 1 is 1.00 bits per heavy atom. The van der Waals surface area contributed by atoms with E-state index in [0.717, 1.165) is 12.1 Å². The molecule has 1 aromatic carbocycles. The van der Waals surface area contributed by atoms with Crippen LogP contribution in [0.1, 0.15) is 20.7 Å². The maximum atomic E-state index is 10.7. The zero-order chi connectivity index (χ0) is 12.5. The van der Waals surface area contributed by atoms with Gasteiger partial charge in [-0.25, -0.2) is 8.42 Å². The zero-order valence-corrected chi connectivity index (χ0v) is 14.3. The summed E-state index contributed by atoms with van der Waals surface area (Å²) < 4.78 is 32.0. The van der Waals surface area contributed by atoms with E-state index in [1.54, 1.807) is 0 Å². The Morgan fingerprint density at radius 2 is 1.50 bits per heavy atom. The summed E-state index contributed by atoms with van der Waals surface area (Å²) in [6.45, 7) is 0. The van der Waals surface area contributed by atoms with Crippen molar-refractivity contribution < 1.29 is 91.9 Å². The van der Waals surface area contributed by atoms with Gasteiger partial charge >= 0.3 is 59.1 Å². The van der Waals surface area contributed by atoms with E-state index in [4.69, 9.17) is 0 Å². The maximum absolute atomic E-state index is 10.7. The molecule has 0 aliphatic rings. The van der Waals surface area contributed by atoms with Gasteiger partial charge in [0.15, 0.2) is 0 Å². The molecule has 0 bridgehead atoms. The second kappa shape index (κ2) is 7.61. The number of hydrogen-bond acceptors (Lipinski definition) is 7. The van der Waals surface area contributed by atoms with Gasteiger partial charge in [0.05, 0.1) is 16.8 Å². The Bertz CT molecular complexity index is 567. The molecule has 0 spiro atoms. The molecule has 0 atom stereocenters. The van der Waals surface area contributed by atoms with Crippen LogP contribution in [-0.4, -0.2) is 24.9 Å². The first kappa shape index (κ1) is 20.4. The second-order valence-corrected chi connectivity index (χ2v) is 4.06. The van der Waals surface area contributed by atoms with Gasteiger partial charge in [0.1, 0.15) is 10.1 Å². The van der Waals surface area contributed by atoms with Crippen molar-refractivity contribution in [1.29, 1.82) is 0 Å². The summed E-state index contributed by atoms with van der Waals surface area (Å²) in [6.07, 6.45) is 0. The summed E-state index contributed by atoms with van der Waals surface area (Å²) in [5.41, 5.74) is -2.12. The second-order valence-electron chi connectivity index (χ2n) is 2.71. The van der Waals surface area contributed by atoms with E-state index < -0.39 is 38.1 Å². The molecule has 0 aliphatic carbocycles. The van der Waals surface area contributed by atoms with E-state index in [0.29, 0.717) is 6.07 Å². The molecule has 1 aromatic rings. The molecule has 10 heteroatoms. The molecule has 18 heavy (non-hydrogen) atoms. The van der Waals surface area contributed by atoms with Crippen molar-refractivity contribution in [3.63, 3.8) is 0 Å². The minimum Gasteiger partial charge on any atom is -0.744 e. The largest absolute Gasteiger partial charge is 1.00 e. The predicted molar refractivity (Wildman–Crippen MR) is 43.1 cm³/mol. The normalized spacial score (nSPS) is 9.83. The van der Waals surface area contributed by atoms with E-state index in [1.165, 1.54) is 0 Å². The molecule has 0 aromatic heterocycles. The molecule has 0 saturated heterocycles. The fourth-order valence-corrected chi connectivity index (χ4v) is 1.81. The molecule has 1 rings (SSSR count). The maximum Gasteiger partial charge on any atom is 1.00 e. The van der Waals surface area contributed by atoms with Crippen molar-refractivity contribution in [3.05, 3.63) is 29.3 Å². The summed E-state index contributed by atoms with van der Waals surface area (Å²) in [5, 5.41) is 21.1. The van der Waals surface area contributed by atoms with E-state index in [2.05, 4.69) is 0 Å². The number of carboxylic acid groups (broad SMARTS) is 2. The van der Waals surface area contributed by atoms with Crippen LogP contribution in [0.5, 0.6) is 0 Å². The Hall–Kier alpha value is 0.0700. The van der Waals surface area contributed by atoms with Crippen molar-refractivity contribution in [3.8, 4) is 0 Å². The quantitative estimate of drug-likeness (QED) is 0.398. The van der Waals surface area contributed by atoms with E-state index >= 15 is 0 Å². The standard InChI is InChI=1S/C8H6O7S.2Na/c9-7(10)4-2-1-3-5(16(13,14)15)6(4)8(11)12;;/h1-3H,(H,9,10)(H,11,12)(H,13,14,15);;/q;2*+1/p-3.